The van der Waals surface area contributed by atoms with Crippen molar-refractivity contribution in [2.24, 2.45) is 0 Å². The Morgan fingerprint density at radius 1 is 1.44 bits per heavy atom. The van der Waals surface area contributed by atoms with Crippen molar-refractivity contribution in [1.82, 2.24) is 5.16 Å². The number of halogens is 1. The van der Waals surface area contributed by atoms with Gasteiger partial charge in [0.1, 0.15) is 0 Å². The highest BCUT2D eigenvalue weighted by Gasteiger charge is 2.27. The van der Waals surface area contributed by atoms with Crippen LogP contribution >= 0.6 is 15.9 Å². The van der Waals surface area contributed by atoms with E-state index in [1.54, 1.807) is 17.9 Å². The molecule has 1 aliphatic rings. The number of carbonyl (C=O) groups is 1. The second-order valence-electron chi connectivity index (χ2n) is 4.31. The molecule has 3 rings (SSSR count). The number of amides is 1. The van der Waals surface area contributed by atoms with Gasteiger partial charge in [-0.25, -0.2) is 0 Å². The lowest BCUT2D eigenvalue weighted by Gasteiger charge is -2.15. The van der Waals surface area contributed by atoms with E-state index in [9.17, 15) is 4.79 Å². The second kappa shape index (κ2) is 4.24. The zero-order chi connectivity index (χ0) is 12.7. The van der Waals surface area contributed by atoms with Gasteiger partial charge in [-0.1, -0.05) is 27.2 Å². The second-order valence-corrected chi connectivity index (χ2v) is 5.23. The molecule has 2 heterocycles. The molecule has 0 saturated carbocycles. The zero-order valence-corrected chi connectivity index (χ0v) is 11.4. The molecule has 0 atom stereocenters. The van der Waals surface area contributed by atoms with Crippen molar-refractivity contribution < 1.29 is 9.32 Å². The molecule has 2 aromatic rings. The lowest BCUT2D eigenvalue weighted by atomic mass is 10.2. The summed E-state index contributed by atoms with van der Waals surface area (Å²) >= 11 is 3.43. The molecule has 18 heavy (non-hydrogen) atoms. The van der Waals surface area contributed by atoms with Gasteiger partial charge >= 0.3 is 0 Å². The molecular formula is C13H11BrN2O2. The van der Waals surface area contributed by atoms with Crippen molar-refractivity contribution in [3.8, 4) is 0 Å². The van der Waals surface area contributed by atoms with E-state index in [4.69, 9.17) is 4.52 Å². The minimum absolute atomic E-state index is 0.132. The van der Waals surface area contributed by atoms with Crippen LogP contribution in [0.2, 0.25) is 0 Å². The number of anilines is 1. The van der Waals surface area contributed by atoms with Crippen molar-refractivity contribution >= 4 is 27.5 Å². The molecule has 4 nitrogen and oxygen atoms in total. The minimum atomic E-state index is -0.132. The minimum Gasteiger partial charge on any atom is -0.351 e. The third-order valence-corrected chi connectivity index (χ3v) is 3.52. The monoisotopic (exact) mass is 306 g/mol. The van der Waals surface area contributed by atoms with Crippen LogP contribution in [-0.4, -0.2) is 17.6 Å². The number of fused-ring (bicyclic) bond motifs is 1. The Hall–Kier alpha value is -1.62. The number of rotatable bonds is 1. The molecule has 0 spiro atoms. The maximum absolute atomic E-state index is 12.3. The van der Waals surface area contributed by atoms with Crippen LogP contribution in [0.3, 0.4) is 0 Å². The Bertz CT molecular complexity index is 621. The van der Waals surface area contributed by atoms with E-state index in [1.165, 1.54) is 5.56 Å². The quantitative estimate of drug-likeness (QED) is 0.814. The molecule has 92 valence electrons. The average molecular weight is 307 g/mol. The van der Waals surface area contributed by atoms with Crippen LogP contribution in [0.15, 0.2) is 33.3 Å². The molecule has 0 N–H and O–H groups in total. The molecule has 1 aromatic heterocycles. The number of aromatic nitrogens is 1. The fourth-order valence-electron chi connectivity index (χ4n) is 2.16. The number of hydrogen-bond donors (Lipinski definition) is 0. The lowest BCUT2D eigenvalue weighted by Crippen LogP contribution is -2.28. The van der Waals surface area contributed by atoms with Gasteiger partial charge in [0.2, 0.25) is 5.76 Å². The Morgan fingerprint density at radius 2 is 2.28 bits per heavy atom. The third-order valence-electron chi connectivity index (χ3n) is 3.03. The summed E-state index contributed by atoms with van der Waals surface area (Å²) in [5.74, 6) is 0.160. The number of carbonyl (C=O) groups excluding carboxylic acids is 1. The van der Waals surface area contributed by atoms with Gasteiger partial charge in [0, 0.05) is 22.8 Å². The lowest BCUT2D eigenvalue weighted by molar-refractivity contribution is 0.0954. The first-order chi connectivity index (χ1) is 8.65. The Balaban J connectivity index is 1.96. The van der Waals surface area contributed by atoms with Gasteiger partial charge in [-0.05, 0) is 31.0 Å². The summed E-state index contributed by atoms with van der Waals surface area (Å²) < 4.78 is 6.00. The van der Waals surface area contributed by atoms with Crippen LogP contribution < -0.4 is 4.90 Å². The van der Waals surface area contributed by atoms with Gasteiger partial charge in [0.15, 0.2) is 0 Å². The fourth-order valence-corrected chi connectivity index (χ4v) is 2.51. The van der Waals surface area contributed by atoms with E-state index in [0.717, 1.165) is 16.6 Å². The van der Waals surface area contributed by atoms with Crippen molar-refractivity contribution in [2.45, 2.75) is 13.3 Å². The van der Waals surface area contributed by atoms with E-state index in [1.807, 2.05) is 18.2 Å². The number of nitrogens with zero attached hydrogens (tertiary/aromatic N) is 2. The van der Waals surface area contributed by atoms with Crippen LogP contribution in [0.4, 0.5) is 5.69 Å². The van der Waals surface area contributed by atoms with Gasteiger partial charge in [-0.3, -0.25) is 4.79 Å². The van der Waals surface area contributed by atoms with Crippen LogP contribution in [0.5, 0.6) is 0 Å². The molecule has 0 aliphatic carbocycles. The van der Waals surface area contributed by atoms with E-state index in [0.29, 0.717) is 18.0 Å². The number of benzene rings is 1. The standard InChI is InChI=1S/C13H11BrN2O2/c1-8-6-12(18-15-8)13(17)16-5-4-9-2-3-10(14)7-11(9)16/h2-3,6-7H,4-5H2,1H3. The summed E-state index contributed by atoms with van der Waals surface area (Å²) in [7, 11) is 0. The number of hydrogen-bond acceptors (Lipinski definition) is 3. The molecule has 1 amide bonds. The summed E-state index contributed by atoms with van der Waals surface area (Å²) in [6, 6.07) is 7.66. The molecule has 0 fully saturated rings. The Kier molecular flexibility index (Phi) is 2.70. The highest BCUT2D eigenvalue weighted by Crippen LogP contribution is 2.31. The third kappa shape index (κ3) is 1.84. The SMILES string of the molecule is Cc1cc(C(=O)N2CCc3ccc(Br)cc32)on1. The molecule has 5 heteroatoms. The van der Waals surface area contributed by atoms with Crippen molar-refractivity contribution in [1.29, 1.82) is 0 Å². The molecule has 0 bridgehead atoms. The fraction of sp³-hybridized carbons (Fsp3) is 0.231. The summed E-state index contributed by atoms with van der Waals surface area (Å²) in [6.45, 7) is 2.49. The summed E-state index contributed by atoms with van der Waals surface area (Å²) in [5, 5.41) is 3.75. The molecule has 0 unspecified atom stereocenters. The summed E-state index contributed by atoms with van der Waals surface area (Å²) in [4.78, 5) is 14.0. The van der Waals surface area contributed by atoms with E-state index < -0.39 is 0 Å². The van der Waals surface area contributed by atoms with Crippen LogP contribution in [0.1, 0.15) is 21.8 Å². The summed E-state index contributed by atoms with van der Waals surface area (Å²) in [6.07, 6.45) is 0.876. The normalized spacial score (nSPS) is 13.8. The smallest absolute Gasteiger partial charge is 0.296 e. The average Bonchev–Trinajstić information content (AvgIpc) is 2.94. The van der Waals surface area contributed by atoms with Crippen molar-refractivity contribution in [3.63, 3.8) is 0 Å². The largest absolute Gasteiger partial charge is 0.351 e. The molecule has 0 radical (unpaired) electrons. The van der Waals surface area contributed by atoms with Crippen molar-refractivity contribution in [3.05, 3.63) is 45.8 Å². The maximum Gasteiger partial charge on any atom is 0.296 e. The molecule has 1 aromatic carbocycles. The van der Waals surface area contributed by atoms with E-state index in [2.05, 4.69) is 21.1 Å². The Labute approximate surface area is 113 Å². The maximum atomic E-state index is 12.3. The summed E-state index contributed by atoms with van der Waals surface area (Å²) in [5.41, 5.74) is 2.85. The van der Waals surface area contributed by atoms with Gasteiger partial charge in [-0.2, -0.15) is 0 Å². The van der Waals surface area contributed by atoms with Crippen molar-refractivity contribution in [2.75, 3.05) is 11.4 Å². The number of aryl methyl sites for hydroxylation is 1. The van der Waals surface area contributed by atoms with E-state index >= 15 is 0 Å². The first-order valence-corrected chi connectivity index (χ1v) is 6.48. The van der Waals surface area contributed by atoms with Crippen LogP contribution in [0, 0.1) is 6.92 Å². The first kappa shape index (κ1) is 11.5. The molecular weight excluding hydrogens is 296 g/mol. The zero-order valence-electron chi connectivity index (χ0n) is 9.81. The topological polar surface area (TPSA) is 46.3 Å². The van der Waals surface area contributed by atoms with Crippen LogP contribution in [0.25, 0.3) is 0 Å². The highest BCUT2D eigenvalue weighted by atomic mass is 79.9. The molecule has 0 saturated heterocycles. The van der Waals surface area contributed by atoms with Gasteiger partial charge in [0.05, 0.1) is 5.69 Å². The predicted molar refractivity (Wildman–Crippen MR) is 70.8 cm³/mol. The van der Waals surface area contributed by atoms with E-state index in [-0.39, 0.29) is 5.91 Å². The predicted octanol–water partition coefficient (Wildman–Crippen LogP) is 2.95. The van der Waals surface area contributed by atoms with Crippen LogP contribution in [-0.2, 0) is 6.42 Å². The van der Waals surface area contributed by atoms with Gasteiger partial charge in [0.25, 0.3) is 5.91 Å². The molecule has 1 aliphatic heterocycles. The Morgan fingerprint density at radius 3 is 3.00 bits per heavy atom. The van der Waals surface area contributed by atoms with Gasteiger partial charge < -0.3 is 9.42 Å². The first-order valence-electron chi connectivity index (χ1n) is 5.69. The highest BCUT2D eigenvalue weighted by molar-refractivity contribution is 9.10. The van der Waals surface area contributed by atoms with Gasteiger partial charge in [-0.15, -0.1) is 0 Å².